The molecule has 0 aliphatic heterocycles. The van der Waals surface area contributed by atoms with E-state index in [4.69, 9.17) is 6.42 Å². The summed E-state index contributed by atoms with van der Waals surface area (Å²) in [5, 5.41) is 8.87. The highest BCUT2D eigenvalue weighted by atomic mass is 35.5. The molecule has 17 heavy (non-hydrogen) atoms. The Morgan fingerprint density at radius 3 is 2.24 bits per heavy atom. The molecule has 3 N–H and O–H groups in total. The summed E-state index contributed by atoms with van der Waals surface area (Å²) in [6, 6.07) is 0. The number of anilines is 3. The largest absolute Gasteiger partial charge is 0.357 e. The topological polar surface area (TPSA) is 74.8 Å². The van der Waals surface area contributed by atoms with Crippen LogP contribution in [0.3, 0.4) is 0 Å². The maximum absolute atomic E-state index is 5.15. The molecule has 0 radical (unpaired) electrons. The van der Waals surface area contributed by atoms with E-state index >= 15 is 0 Å². The van der Waals surface area contributed by atoms with Crippen molar-refractivity contribution in [1.82, 2.24) is 15.0 Å². The van der Waals surface area contributed by atoms with Crippen LogP contribution in [0.4, 0.5) is 17.8 Å². The molecule has 0 fully saturated rings. The maximum Gasteiger partial charge on any atom is 0.230 e. The van der Waals surface area contributed by atoms with Crippen molar-refractivity contribution in [2.24, 2.45) is 0 Å². The van der Waals surface area contributed by atoms with Crippen LogP contribution in [0.2, 0.25) is 0 Å². The van der Waals surface area contributed by atoms with Gasteiger partial charge in [-0.15, -0.1) is 18.8 Å². The van der Waals surface area contributed by atoms with Crippen LogP contribution in [-0.2, 0) is 0 Å². The molecule has 6 nitrogen and oxygen atoms in total. The molecule has 0 bridgehead atoms. The Labute approximate surface area is 107 Å². The van der Waals surface area contributed by atoms with Gasteiger partial charge in [0.2, 0.25) is 17.8 Å². The van der Waals surface area contributed by atoms with Crippen LogP contribution >= 0.6 is 12.4 Å². The second-order valence-electron chi connectivity index (χ2n) is 3.04. The van der Waals surface area contributed by atoms with E-state index in [0.717, 1.165) is 13.0 Å². The molecule has 0 spiro atoms. The van der Waals surface area contributed by atoms with E-state index in [-0.39, 0.29) is 12.4 Å². The lowest BCUT2D eigenvalue weighted by molar-refractivity contribution is 0.939. The van der Waals surface area contributed by atoms with Gasteiger partial charge in [0.15, 0.2) is 0 Å². The molecule has 0 saturated carbocycles. The Bertz CT molecular complexity index is 376. The summed E-state index contributed by atoms with van der Waals surface area (Å²) in [7, 11) is 1.75. The third-order valence-electron chi connectivity index (χ3n) is 1.74. The maximum atomic E-state index is 5.15. The van der Waals surface area contributed by atoms with Gasteiger partial charge >= 0.3 is 0 Å². The monoisotopic (exact) mass is 256 g/mol. The SMILES string of the molecule is C#CCNc1nc(NC)nc(NCCC)n1.Cl. The first-order valence-electron chi connectivity index (χ1n) is 5.15. The Hall–Kier alpha value is -1.74. The van der Waals surface area contributed by atoms with E-state index in [0.29, 0.717) is 24.4 Å². The zero-order valence-electron chi connectivity index (χ0n) is 9.95. The van der Waals surface area contributed by atoms with E-state index < -0.39 is 0 Å². The fraction of sp³-hybridized carbons (Fsp3) is 0.500. The predicted octanol–water partition coefficient (Wildman–Crippen LogP) is 1.20. The molecule has 1 heterocycles. The van der Waals surface area contributed by atoms with Gasteiger partial charge in [0, 0.05) is 13.6 Å². The standard InChI is InChI=1S/C10H16N6.ClH/c1-4-6-12-9-14-8(11-3)15-10(16-9)13-7-5-2;/h1H,5-7H2,2-3H3,(H3,11,12,13,14,15,16);1H. The van der Waals surface area contributed by atoms with Crippen molar-refractivity contribution in [3.8, 4) is 12.3 Å². The lowest BCUT2D eigenvalue weighted by Crippen LogP contribution is -2.11. The van der Waals surface area contributed by atoms with Crippen LogP contribution in [0.15, 0.2) is 0 Å². The zero-order valence-corrected chi connectivity index (χ0v) is 10.8. The summed E-state index contributed by atoms with van der Waals surface area (Å²) in [4.78, 5) is 12.5. The molecule has 0 aromatic carbocycles. The molecule has 0 amide bonds. The van der Waals surface area contributed by atoms with E-state index in [1.165, 1.54) is 0 Å². The predicted molar refractivity (Wildman–Crippen MR) is 72.7 cm³/mol. The summed E-state index contributed by atoms with van der Waals surface area (Å²) in [5.41, 5.74) is 0. The van der Waals surface area contributed by atoms with Crippen molar-refractivity contribution < 1.29 is 0 Å². The molecule has 0 saturated heterocycles. The van der Waals surface area contributed by atoms with Crippen molar-refractivity contribution >= 4 is 30.3 Å². The Morgan fingerprint density at radius 1 is 1.12 bits per heavy atom. The molecule has 0 atom stereocenters. The third-order valence-corrected chi connectivity index (χ3v) is 1.74. The molecule has 0 aliphatic carbocycles. The van der Waals surface area contributed by atoms with E-state index in [2.05, 4.69) is 43.7 Å². The third kappa shape index (κ3) is 5.22. The van der Waals surface area contributed by atoms with Crippen LogP contribution in [0.1, 0.15) is 13.3 Å². The van der Waals surface area contributed by atoms with Gasteiger partial charge in [-0.05, 0) is 6.42 Å². The van der Waals surface area contributed by atoms with Gasteiger partial charge < -0.3 is 16.0 Å². The lowest BCUT2D eigenvalue weighted by Gasteiger charge is -2.07. The summed E-state index contributed by atoms with van der Waals surface area (Å²) in [6.45, 7) is 3.28. The van der Waals surface area contributed by atoms with Crippen molar-refractivity contribution in [2.75, 3.05) is 36.1 Å². The molecule has 7 heteroatoms. The number of hydrogen-bond donors (Lipinski definition) is 3. The van der Waals surface area contributed by atoms with Gasteiger partial charge in [-0.2, -0.15) is 15.0 Å². The van der Waals surface area contributed by atoms with Gasteiger partial charge in [-0.1, -0.05) is 12.8 Å². The smallest absolute Gasteiger partial charge is 0.230 e. The minimum Gasteiger partial charge on any atom is -0.357 e. The Kier molecular flexibility index (Phi) is 7.55. The van der Waals surface area contributed by atoms with Gasteiger partial charge in [0.1, 0.15) is 0 Å². The number of rotatable bonds is 6. The zero-order chi connectivity index (χ0) is 11.8. The highest BCUT2D eigenvalue weighted by Gasteiger charge is 2.03. The van der Waals surface area contributed by atoms with Gasteiger partial charge in [-0.3, -0.25) is 0 Å². The molecular weight excluding hydrogens is 240 g/mol. The normalized spacial score (nSPS) is 8.76. The van der Waals surface area contributed by atoms with E-state index in [1.54, 1.807) is 7.05 Å². The number of nitrogens with zero attached hydrogens (tertiary/aromatic N) is 3. The molecular formula is C10H17ClN6. The first-order valence-corrected chi connectivity index (χ1v) is 5.15. The van der Waals surface area contributed by atoms with Crippen LogP contribution in [0.25, 0.3) is 0 Å². The Morgan fingerprint density at radius 2 is 1.71 bits per heavy atom. The lowest BCUT2D eigenvalue weighted by atomic mass is 10.5. The highest BCUT2D eigenvalue weighted by Crippen LogP contribution is 2.08. The van der Waals surface area contributed by atoms with Crippen LogP contribution in [0, 0.1) is 12.3 Å². The van der Waals surface area contributed by atoms with Gasteiger partial charge in [0.05, 0.1) is 6.54 Å². The fourth-order valence-electron chi connectivity index (χ4n) is 1.01. The molecule has 0 aliphatic rings. The van der Waals surface area contributed by atoms with Crippen LogP contribution in [0.5, 0.6) is 0 Å². The number of hydrogen-bond acceptors (Lipinski definition) is 6. The Balaban J connectivity index is 0.00000256. The molecule has 1 aromatic heterocycles. The molecule has 1 aromatic rings. The van der Waals surface area contributed by atoms with Crippen molar-refractivity contribution in [2.45, 2.75) is 13.3 Å². The number of nitrogens with one attached hydrogen (secondary N) is 3. The van der Waals surface area contributed by atoms with Crippen molar-refractivity contribution in [1.29, 1.82) is 0 Å². The summed E-state index contributed by atoms with van der Waals surface area (Å²) in [6.07, 6.45) is 6.16. The average molecular weight is 257 g/mol. The summed E-state index contributed by atoms with van der Waals surface area (Å²) >= 11 is 0. The first kappa shape index (κ1) is 15.3. The minimum absolute atomic E-state index is 0. The second-order valence-corrected chi connectivity index (χ2v) is 3.04. The molecule has 94 valence electrons. The quantitative estimate of drug-likeness (QED) is 0.664. The number of halogens is 1. The summed E-state index contributed by atoms with van der Waals surface area (Å²) in [5.74, 6) is 3.98. The van der Waals surface area contributed by atoms with Crippen LogP contribution < -0.4 is 16.0 Å². The van der Waals surface area contributed by atoms with E-state index in [9.17, 15) is 0 Å². The number of terminal acetylenes is 1. The molecule has 0 unspecified atom stereocenters. The van der Waals surface area contributed by atoms with E-state index in [1.807, 2.05) is 0 Å². The average Bonchev–Trinajstić information content (AvgIpc) is 2.33. The highest BCUT2D eigenvalue weighted by molar-refractivity contribution is 5.85. The van der Waals surface area contributed by atoms with Crippen molar-refractivity contribution in [3.63, 3.8) is 0 Å². The van der Waals surface area contributed by atoms with Gasteiger partial charge in [-0.25, -0.2) is 0 Å². The number of aromatic nitrogens is 3. The van der Waals surface area contributed by atoms with Crippen LogP contribution in [-0.4, -0.2) is 35.1 Å². The van der Waals surface area contributed by atoms with Crippen molar-refractivity contribution in [3.05, 3.63) is 0 Å². The first-order chi connectivity index (χ1) is 7.80. The minimum atomic E-state index is 0. The molecule has 1 rings (SSSR count). The fourth-order valence-corrected chi connectivity index (χ4v) is 1.01. The second kappa shape index (κ2) is 8.42. The summed E-state index contributed by atoms with van der Waals surface area (Å²) < 4.78 is 0. The van der Waals surface area contributed by atoms with Gasteiger partial charge in [0.25, 0.3) is 0 Å².